The lowest BCUT2D eigenvalue weighted by Crippen LogP contribution is -2.43. The van der Waals surface area contributed by atoms with Crippen molar-refractivity contribution in [1.29, 1.82) is 0 Å². The van der Waals surface area contributed by atoms with Crippen LogP contribution in [0.25, 0.3) is 0 Å². The molecule has 1 aliphatic rings. The van der Waals surface area contributed by atoms with Crippen molar-refractivity contribution in [2.24, 2.45) is 5.41 Å². The van der Waals surface area contributed by atoms with Gasteiger partial charge in [-0.3, -0.25) is 0 Å². The van der Waals surface area contributed by atoms with Crippen LogP contribution in [-0.2, 0) is 0 Å². The standard InChI is InChI=1S/C16H34N2O/c1-16(2,3)9-6-8-15(19)7-4-5-12-18-13-10-17-11-14-18/h15,17,19H,4-14H2,1-3H3/t15-/m0/s1. The summed E-state index contributed by atoms with van der Waals surface area (Å²) in [5.74, 6) is 0. The average molecular weight is 270 g/mol. The molecule has 0 bridgehead atoms. The van der Waals surface area contributed by atoms with Crippen LogP contribution in [0.2, 0.25) is 0 Å². The summed E-state index contributed by atoms with van der Waals surface area (Å²) in [6.45, 7) is 12.7. The highest BCUT2D eigenvalue weighted by Crippen LogP contribution is 2.22. The van der Waals surface area contributed by atoms with Gasteiger partial charge in [0, 0.05) is 26.2 Å². The zero-order valence-electron chi connectivity index (χ0n) is 13.2. The Balaban J connectivity index is 1.93. The maximum Gasteiger partial charge on any atom is 0.0540 e. The molecule has 0 aromatic heterocycles. The van der Waals surface area contributed by atoms with Gasteiger partial charge in [0.05, 0.1) is 6.10 Å². The molecule has 114 valence electrons. The first-order valence-electron chi connectivity index (χ1n) is 8.08. The van der Waals surface area contributed by atoms with Gasteiger partial charge in [-0.25, -0.2) is 0 Å². The van der Waals surface area contributed by atoms with E-state index in [1.807, 2.05) is 0 Å². The molecule has 0 saturated carbocycles. The van der Waals surface area contributed by atoms with Gasteiger partial charge >= 0.3 is 0 Å². The molecule has 1 saturated heterocycles. The van der Waals surface area contributed by atoms with Crippen LogP contribution in [0, 0.1) is 5.41 Å². The number of hydrogen-bond acceptors (Lipinski definition) is 3. The molecule has 1 atom stereocenters. The van der Waals surface area contributed by atoms with Crippen molar-refractivity contribution in [3.05, 3.63) is 0 Å². The van der Waals surface area contributed by atoms with E-state index in [0.717, 1.165) is 32.4 Å². The number of rotatable bonds is 8. The van der Waals surface area contributed by atoms with E-state index in [1.54, 1.807) is 0 Å². The number of nitrogens with zero attached hydrogens (tertiary/aromatic N) is 1. The number of nitrogens with one attached hydrogen (secondary N) is 1. The fourth-order valence-electron chi connectivity index (χ4n) is 2.66. The molecule has 1 heterocycles. The molecule has 1 rings (SSSR count). The highest BCUT2D eigenvalue weighted by molar-refractivity contribution is 4.68. The molecule has 0 unspecified atom stereocenters. The van der Waals surface area contributed by atoms with Crippen LogP contribution in [-0.4, -0.2) is 48.8 Å². The Morgan fingerprint density at radius 3 is 2.32 bits per heavy atom. The Morgan fingerprint density at radius 2 is 1.68 bits per heavy atom. The lowest BCUT2D eigenvalue weighted by molar-refractivity contribution is 0.140. The monoisotopic (exact) mass is 270 g/mol. The quantitative estimate of drug-likeness (QED) is 0.666. The number of piperazine rings is 1. The first-order valence-corrected chi connectivity index (χ1v) is 8.08. The predicted molar refractivity (Wildman–Crippen MR) is 82.5 cm³/mol. The summed E-state index contributed by atoms with van der Waals surface area (Å²) in [6, 6.07) is 0. The average Bonchev–Trinajstić information content (AvgIpc) is 2.34. The van der Waals surface area contributed by atoms with E-state index >= 15 is 0 Å². The van der Waals surface area contributed by atoms with E-state index in [2.05, 4.69) is 31.0 Å². The van der Waals surface area contributed by atoms with Gasteiger partial charge in [-0.2, -0.15) is 0 Å². The van der Waals surface area contributed by atoms with Crippen LogP contribution in [0.4, 0.5) is 0 Å². The maximum atomic E-state index is 9.96. The summed E-state index contributed by atoms with van der Waals surface area (Å²) >= 11 is 0. The highest BCUT2D eigenvalue weighted by atomic mass is 16.3. The van der Waals surface area contributed by atoms with Gasteiger partial charge < -0.3 is 15.3 Å². The van der Waals surface area contributed by atoms with Crippen molar-refractivity contribution in [2.75, 3.05) is 32.7 Å². The molecule has 2 N–H and O–H groups in total. The molecule has 0 aromatic carbocycles. The second-order valence-corrected chi connectivity index (χ2v) is 7.19. The van der Waals surface area contributed by atoms with Gasteiger partial charge in [-0.1, -0.05) is 27.2 Å². The zero-order chi connectivity index (χ0) is 14.1. The molecule has 3 nitrogen and oxygen atoms in total. The van der Waals surface area contributed by atoms with Gasteiger partial charge in [0.2, 0.25) is 0 Å². The SMILES string of the molecule is CC(C)(C)CCC[C@@H](O)CCCCN1CCNCC1. The van der Waals surface area contributed by atoms with Gasteiger partial charge in [0.25, 0.3) is 0 Å². The normalized spacial score (nSPS) is 19.6. The summed E-state index contributed by atoms with van der Waals surface area (Å²) in [5.41, 5.74) is 0.405. The third-order valence-electron chi connectivity index (χ3n) is 3.94. The van der Waals surface area contributed by atoms with Crippen LogP contribution in [0.3, 0.4) is 0 Å². The first-order chi connectivity index (χ1) is 8.97. The highest BCUT2D eigenvalue weighted by Gasteiger charge is 2.12. The number of unbranched alkanes of at least 4 members (excludes halogenated alkanes) is 1. The Labute approximate surface area is 119 Å². The molecule has 0 spiro atoms. The minimum absolute atomic E-state index is 0.0784. The summed E-state index contributed by atoms with van der Waals surface area (Å²) in [6.07, 6.45) is 6.65. The van der Waals surface area contributed by atoms with Crippen LogP contribution in [0.15, 0.2) is 0 Å². The molecule has 3 heteroatoms. The minimum atomic E-state index is -0.0784. The lowest BCUT2D eigenvalue weighted by Gasteiger charge is -2.27. The van der Waals surface area contributed by atoms with E-state index in [0.29, 0.717) is 5.41 Å². The van der Waals surface area contributed by atoms with E-state index in [1.165, 1.54) is 38.9 Å². The van der Waals surface area contributed by atoms with Crippen LogP contribution in [0.1, 0.15) is 59.3 Å². The fourth-order valence-corrected chi connectivity index (χ4v) is 2.66. The molecule has 0 aliphatic carbocycles. The first kappa shape index (κ1) is 16.9. The Morgan fingerprint density at radius 1 is 1.05 bits per heavy atom. The summed E-state index contributed by atoms with van der Waals surface area (Å²) < 4.78 is 0. The van der Waals surface area contributed by atoms with Crippen LogP contribution in [0.5, 0.6) is 0 Å². The Kier molecular flexibility index (Phi) is 7.96. The Bertz CT molecular complexity index is 219. The third kappa shape index (κ3) is 9.42. The second kappa shape index (κ2) is 8.93. The number of hydrogen-bond donors (Lipinski definition) is 2. The van der Waals surface area contributed by atoms with Crippen LogP contribution < -0.4 is 5.32 Å². The van der Waals surface area contributed by atoms with Crippen molar-refractivity contribution >= 4 is 0 Å². The minimum Gasteiger partial charge on any atom is -0.393 e. The van der Waals surface area contributed by atoms with E-state index in [-0.39, 0.29) is 6.10 Å². The van der Waals surface area contributed by atoms with Gasteiger partial charge in [-0.15, -0.1) is 0 Å². The topological polar surface area (TPSA) is 35.5 Å². The lowest BCUT2D eigenvalue weighted by atomic mass is 9.89. The second-order valence-electron chi connectivity index (χ2n) is 7.19. The number of aliphatic hydroxyl groups is 1. The summed E-state index contributed by atoms with van der Waals surface area (Å²) in [5, 5.41) is 13.3. The molecular weight excluding hydrogens is 236 g/mol. The maximum absolute atomic E-state index is 9.96. The Hall–Kier alpha value is -0.120. The largest absolute Gasteiger partial charge is 0.393 e. The predicted octanol–water partition coefficient (Wildman–Crippen LogP) is 2.64. The zero-order valence-corrected chi connectivity index (χ0v) is 13.2. The molecule has 1 aliphatic heterocycles. The van der Waals surface area contributed by atoms with Crippen molar-refractivity contribution in [3.8, 4) is 0 Å². The molecule has 1 fully saturated rings. The van der Waals surface area contributed by atoms with Crippen molar-refractivity contribution in [1.82, 2.24) is 10.2 Å². The van der Waals surface area contributed by atoms with Gasteiger partial charge in [0.15, 0.2) is 0 Å². The van der Waals surface area contributed by atoms with Crippen molar-refractivity contribution < 1.29 is 5.11 Å². The molecular formula is C16H34N2O. The molecule has 0 radical (unpaired) electrons. The smallest absolute Gasteiger partial charge is 0.0540 e. The number of aliphatic hydroxyl groups excluding tert-OH is 1. The van der Waals surface area contributed by atoms with Crippen molar-refractivity contribution in [2.45, 2.75) is 65.4 Å². The van der Waals surface area contributed by atoms with Crippen LogP contribution >= 0.6 is 0 Å². The van der Waals surface area contributed by atoms with E-state index in [9.17, 15) is 5.11 Å². The fraction of sp³-hybridized carbons (Fsp3) is 1.00. The summed E-state index contributed by atoms with van der Waals surface area (Å²) in [4.78, 5) is 2.53. The van der Waals surface area contributed by atoms with E-state index < -0.39 is 0 Å². The third-order valence-corrected chi connectivity index (χ3v) is 3.94. The molecule has 0 aromatic rings. The summed E-state index contributed by atoms with van der Waals surface area (Å²) in [7, 11) is 0. The molecule has 0 amide bonds. The van der Waals surface area contributed by atoms with E-state index in [4.69, 9.17) is 0 Å². The molecule has 19 heavy (non-hydrogen) atoms. The van der Waals surface area contributed by atoms with Gasteiger partial charge in [0.1, 0.15) is 0 Å². The van der Waals surface area contributed by atoms with Gasteiger partial charge in [-0.05, 0) is 44.1 Å². The van der Waals surface area contributed by atoms with Crippen molar-refractivity contribution in [3.63, 3.8) is 0 Å².